The zero-order valence-electron chi connectivity index (χ0n) is 11.3. The summed E-state index contributed by atoms with van der Waals surface area (Å²) in [4.78, 5) is 11.8. The van der Waals surface area contributed by atoms with Crippen molar-refractivity contribution in [2.75, 3.05) is 0 Å². The summed E-state index contributed by atoms with van der Waals surface area (Å²) >= 11 is 0. The topological polar surface area (TPSA) is 67.6 Å². The Morgan fingerprint density at radius 2 is 2.11 bits per heavy atom. The van der Waals surface area contributed by atoms with Crippen molar-refractivity contribution in [2.24, 2.45) is 5.41 Å². The van der Waals surface area contributed by atoms with E-state index in [1.54, 1.807) is 6.20 Å². The van der Waals surface area contributed by atoms with Crippen LogP contribution in [-0.4, -0.2) is 20.1 Å². The number of aromatic amines is 1. The second-order valence-electron chi connectivity index (χ2n) is 5.85. The van der Waals surface area contributed by atoms with Gasteiger partial charge in [-0.2, -0.15) is 4.98 Å². The molecule has 0 aliphatic rings. The third-order valence-electron chi connectivity index (χ3n) is 2.85. The Hall–Kier alpha value is -2.17. The normalized spacial score (nSPS) is 12.2. The number of fused-ring (bicyclic) bond motifs is 1. The second-order valence-corrected chi connectivity index (χ2v) is 5.85. The molecule has 19 heavy (non-hydrogen) atoms. The fourth-order valence-electron chi connectivity index (χ4n) is 2.05. The molecule has 5 nitrogen and oxygen atoms in total. The molecule has 5 heteroatoms. The molecule has 3 aromatic heterocycles. The van der Waals surface area contributed by atoms with Gasteiger partial charge < -0.3 is 9.51 Å². The molecule has 0 atom stereocenters. The van der Waals surface area contributed by atoms with E-state index in [1.807, 2.05) is 18.3 Å². The van der Waals surface area contributed by atoms with E-state index in [1.165, 1.54) is 0 Å². The lowest BCUT2D eigenvalue weighted by Gasteiger charge is -2.13. The highest BCUT2D eigenvalue weighted by molar-refractivity contribution is 5.90. The van der Waals surface area contributed by atoms with Crippen LogP contribution in [0.1, 0.15) is 26.7 Å². The van der Waals surface area contributed by atoms with Crippen LogP contribution in [0.5, 0.6) is 0 Å². The summed E-state index contributed by atoms with van der Waals surface area (Å²) in [5.74, 6) is 1.29. The molecule has 0 bridgehead atoms. The molecule has 0 saturated heterocycles. The Morgan fingerprint density at radius 3 is 2.89 bits per heavy atom. The summed E-state index contributed by atoms with van der Waals surface area (Å²) in [7, 11) is 0. The largest absolute Gasteiger partial charge is 0.346 e. The molecule has 1 N–H and O–H groups in total. The van der Waals surface area contributed by atoms with Gasteiger partial charge in [-0.05, 0) is 17.5 Å². The average molecular weight is 256 g/mol. The lowest BCUT2D eigenvalue weighted by molar-refractivity contribution is 0.314. The van der Waals surface area contributed by atoms with E-state index >= 15 is 0 Å². The molecule has 0 spiro atoms. The molecule has 3 heterocycles. The number of pyridine rings is 1. The van der Waals surface area contributed by atoms with E-state index in [-0.39, 0.29) is 5.41 Å². The highest BCUT2D eigenvalue weighted by Gasteiger charge is 2.18. The Morgan fingerprint density at radius 1 is 1.26 bits per heavy atom. The van der Waals surface area contributed by atoms with E-state index in [4.69, 9.17) is 4.52 Å². The molecule has 0 aliphatic heterocycles. The minimum atomic E-state index is 0.130. The van der Waals surface area contributed by atoms with Crippen molar-refractivity contribution in [2.45, 2.75) is 27.2 Å². The minimum absolute atomic E-state index is 0.130. The smallest absolute Gasteiger partial charge is 0.227 e. The average Bonchev–Trinajstić information content (AvgIpc) is 2.94. The van der Waals surface area contributed by atoms with Gasteiger partial charge in [0.1, 0.15) is 5.65 Å². The third-order valence-corrected chi connectivity index (χ3v) is 2.85. The van der Waals surface area contributed by atoms with E-state index in [9.17, 15) is 0 Å². The number of hydrogen-bond acceptors (Lipinski definition) is 4. The highest BCUT2D eigenvalue weighted by atomic mass is 16.5. The van der Waals surface area contributed by atoms with Crippen molar-refractivity contribution in [3.8, 4) is 11.4 Å². The third kappa shape index (κ3) is 2.36. The summed E-state index contributed by atoms with van der Waals surface area (Å²) in [5, 5.41) is 5.08. The summed E-state index contributed by atoms with van der Waals surface area (Å²) in [6.45, 7) is 6.44. The monoisotopic (exact) mass is 256 g/mol. The highest BCUT2D eigenvalue weighted by Crippen LogP contribution is 2.26. The number of rotatable bonds is 2. The van der Waals surface area contributed by atoms with E-state index in [0.29, 0.717) is 11.7 Å². The molecule has 98 valence electrons. The first-order chi connectivity index (χ1) is 9.03. The standard InChI is InChI=1S/C14H16N4O/c1-14(2,3)8-11-17-13(18-19-11)10-5-7-16-12-9(10)4-6-15-12/h4-7H,8H2,1-3H3,(H,15,16). The van der Waals surface area contributed by atoms with Gasteiger partial charge >= 0.3 is 0 Å². The lowest BCUT2D eigenvalue weighted by Crippen LogP contribution is -2.09. The predicted molar refractivity (Wildman–Crippen MR) is 72.5 cm³/mol. The second kappa shape index (κ2) is 4.19. The summed E-state index contributed by atoms with van der Waals surface area (Å²) < 4.78 is 5.33. The molecule has 0 amide bonds. The van der Waals surface area contributed by atoms with Crippen LogP contribution in [-0.2, 0) is 6.42 Å². The van der Waals surface area contributed by atoms with Crippen LogP contribution in [0.2, 0.25) is 0 Å². The van der Waals surface area contributed by atoms with Gasteiger partial charge in [-0.1, -0.05) is 25.9 Å². The molecular formula is C14H16N4O. The molecule has 0 aromatic carbocycles. The van der Waals surface area contributed by atoms with Crippen LogP contribution >= 0.6 is 0 Å². The number of nitrogens with one attached hydrogen (secondary N) is 1. The molecule has 0 radical (unpaired) electrons. The maximum Gasteiger partial charge on any atom is 0.227 e. The first-order valence-corrected chi connectivity index (χ1v) is 6.28. The van der Waals surface area contributed by atoms with Crippen LogP contribution in [0.25, 0.3) is 22.4 Å². The van der Waals surface area contributed by atoms with Gasteiger partial charge in [0.15, 0.2) is 0 Å². The van der Waals surface area contributed by atoms with Crippen LogP contribution in [0.3, 0.4) is 0 Å². The Balaban J connectivity index is 2.01. The maximum absolute atomic E-state index is 5.33. The summed E-state index contributed by atoms with van der Waals surface area (Å²) in [5.41, 5.74) is 1.90. The van der Waals surface area contributed by atoms with Crippen molar-refractivity contribution in [1.29, 1.82) is 0 Å². The van der Waals surface area contributed by atoms with Crippen LogP contribution in [0.4, 0.5) is 0 Å². The number of nitrogens with zero attached hydrogens (tertiary/aromatic N) is 3. The molecule has 3 rings (SSSR count). The molecular weight excluding hydrogens is 240 g/mol. The van der Waals surface area contributed by atoms with Crippen LogP contribution in [0.15, 0.2) is 29.0 Å². The van der Waals surface area contributed by atoms with E-state index < -0.39 is 0 Å². The van der Waals surface area contributed by atoms with E-state index in [2.05, 4.69) is 40.9 Å². The molecule has 3 aromatic rings. The predicted octanol–water partition coefficient (Wildman–Crippen LogP) is 3.20. The van der Waals surface area contributed by atoms with Crippen molar-refractivity contribution in [3.05, 3.63) is 30.4 Å². The van der Waals surface area contributed by atoms with Gasteiger partial charge in [-0.15, -0.1) is 0 Å². The van der Waals surface area contributed by atoms with Crippen molar-refractivity contribution in [1.82, 2.24) is 20.1 Å². The Kier molecular flexibility index (Phi) is 2.62. The summed E-state index contributed by atoms with van der Waals surface area (Å²) in [6.07, 6.45) is 4.37. The molecule has 0 unspecified atom stereocenters. The van der Waals surface area contributed by atoms with Gasteiger partial charge in [0.25, 0.3) is 0 Å². The van der Waals surface area contributed by atoms with E-state index in [0.717, 1.165) is 23.0 Å². The fraction of sp³-hybridized carbons (Fsp3) is 0.357. The van der Waals surface area contributed by atoms with Crippen LogP contribution in [0, 0.1) is 5.41 Å². The van der Waals surface area contributed by atoms with Gasteiger partial charge in [0.05, 0.1) is 0 Å². The number of hydrogen-bond donors (Lipinski definition) is 1. The number of H-pyrrole nitrogens is 1. The van der Waals surface area contributed by atoms with Crippen molar-refractivity contribution < 1.29 is 4.52 Å². The fourth-order valence-corrected chi connectivity index (χ4v) is 2.05. The lowest BCUT2D eigenvalue weighted by atomic mass is 9.92. The molecule has 0 aliphatic carbocycles. The SMILES string of the molecule is CC(C)(C)Cc1nc(-c2ccnc3[nH]ccc23)no1. The summed E-state index contributed by atoms with van der Waals surface area (Å²) in [6, 6.07) is 3.87. The van der Waals surface area contributed by atoms with Crippen LogP contribution < -0.4 is 0 Å². The zero-order chi connectivity index (χ0) is 13.5. The first kappa shape index (κ1) is 11.9. The van der Waals surface area contributed by atoms with Crippen molar-refractivity contribution >= 4 is 11.0 Å². The molecule has 0 fully saturated rings. The van der Waals surface area contributed by atoms with Gasteiger partial charge in [0, 0.05) is 29.8 Å². The number of aromatic nitrogens is 4. The van der Waals surface area contributed by atoms with Gasteiger partial charge in [-0.25, -0.2) is 4.98 Å². The van der Waals surface area contributed by atoms with Gasteiger partial charge in [-0.3, -0.25) is 0 Å². The molecule has 0 saturated carbocycles. The quantitative estimate of drug-likeness (QED) is 0.764. The zero-order valence-corrected chi connectivity index (χ0v) is 11.3. The van der Waals surface area contributed by atoms with Crippen molar-refractivity contribution in [3.63, 3.8) is 0 Å². The van der Waals surface area contributed by atoms with Gasteiger partial charge in [0.2, 0.25) is 11.7 Å². The Labute approximate surface area is 111 Å². The Bertz CT molecular complexity index is 705. The first-order valence-electron chi connectivity index (χ1n) is 6.28. The maximum atomic E-state index is 5.33. The minimum Gasteiger partial charge on any atom is -0.346 e.